The van der Waals surface area contributed by atoms with Crippen molar-refractivity contribution in [1.29, 1.82) is 5.26 Å². The minimum Gasteiger partial charge on any atom is -0.310 e. The Morgan fingerprint density at radius 3 is 2.40 bits per heavy atom. The quantitative estimate of drug-likeness (QED) is 0.801. The molecule has 0 fully saturated rings. The third kappa shape index (κ3) is 5.29. The maximum Gasteiger partial charge on any atom is 0.148 e. The van der Waals surface area contributed by atoms with Gasteiger partial charge in [0.2, 0.25) is 0 Å². The fourth-order valence-electron chi connectivity index (χ4n) is 1.80. The van der Waals surface area contributed by atoms with Crippen LogP contribution in [0.3, 0.4) is 0 Å². The lowest BCUT2D eigenvalue weighted by molar-refractivity contribution is 0.317. The van der Waals surface area contributed by atoms with E-state index in [0.717, 1.165) is 5.56 Å². The monoisotopic (exact) mass is 295 g/mol. The van der Waals surface area contributed by atoms with Gasteiger partial charge in [0.1, 0.15) is 15.4 Å². The van der Waals surface area contributed by atoms with Gasteiger partial charge in [0.05, 0.1) is 11.8 Å². The van der Waals surface area contributed by atoms with Crippen LogP contribution in [0.4, 0.5) is 0 Å². The van der Waals surface area contributed by atoms with Crippen molar-refractivity contribution in [2.24, 2.45) is 5.73 Å². The first kappa shape index (κ1) is 16.6. The number of hydrogen-bond acceptors (Lipinski definition) is 5. The van der Waals surface area contributed by atoms with Crippen LogP contribution in [-0.2, 0) is 15.4 Å². The molecule has 0 aliphatic rings. The van der Waals surface area contributed by atoms with Crippen molar-refractivity contribution in [3.05, 3.63) is 35.9 Å². The van der Waals surface area contributed by atoms with Crippen LogP contribution in [0.2, 0.25) is 0 Å². The fourth-order valence-corrected chi connectivity index (χ4v) is 2.44. The Balaban J connectivity index is 2.60. The second-order valence-electron chi connectivity index (χ2n) is 5.13. The molecule has 1 unspecified atom stereocenters. The summed E-state index contributed by atoms with van der Waals surface area (Å²) in [6, 6.07) is 11.4. The molecule has 1 aromatic rings. The van der Waals surface area contributed by atoms with Gasteiger partial charge in [-0.15, -0.1) is 0 Å². The van der Waals surface area contributed by atoms with Crippen molar-refractivity contribution in [2.75, 3.05) is 32.1 Å². The molecule has 20 heavy (non-hydrogen) atoms. The average Bonchev–Trinajstić information content (AvgIpc) is 2.42. The maximum absolute atomic E-state index is 11.1. The summed E-state index contributed by atoms with van der Waals surface area (Å²) in [7, 11) is -1.14. The van der Waals surface area contributed by atoms with Gasteiger partial charge in [-0.1, -0.05) is 30.3 Å². The third-order valence-electron chi connectivity index (χ3n) is 3.22. The molecule has 110 valence electrons. The molecule has 6 heteroatoms. The molecule has 0 saturated carbocycles. The van der Waals surface area contributed by atoms with Crippen molar-refractivity contribution < 1.29 is 8.42 Å². The highest BCUT2D eigenvalue weighted by Gasteiger charge is 2.27. The summed E-state index contributed by atoms with van der Waals surface area (Å²) in [5, 5.41) is 9.32. The van der Waals surface area contributed by atoms with Crippen molar-refractivity contribution in [1.82, 2.24) is 4.90 Å². The molecule has 0 saturated heterocycles. The van der Waals surface area contributed by atoms with E-state index in [1.807, 2.05) is 42.3 Å². The molecule has 0 bridgehead atoms. The second kappa shape index (κ2) is 6.84. The van der Waals surface area contributed by atoms with E-state index in [1.165, 1.54) is 6.26 Å². The zero-order valence-corrected chi connectivity index (χ0v) is 12.7. The summed E-state index contributed by atoms with van der Waals surface area (Å²) in [5.74, 6) is 0.110. The predicted octanol–water partition coefficient (Wildman–Crippen LogP) is 0.731. The van der Waals surface area contributed by atoms with Gasteiger partial charge in [-0.25, -0.2) is 8.42 Å². The van der Waals surface area contributed by atoms with Crippen molar-refractivity contribution in [3.8, 4) is 6.07 Å². The van der Waals surface area contributed by atoms with Crippen LogP contribution in [0.1, 0.15) is 12.0 Å². The lowest BCUT2D eigenvalue weighted by Gasteiger charge is -2.25. The standard InChI is InChI=1S/C14H21N3O2S/c1-17(10-11-20(2,18)19)9-8-14(16,12-15)13-6-4-3-5-7-13/h3-7H,8-11,16H2,1-2H3. The highest BCUT2D eigenvalue weighted by atomic mass is 32.2. The number of benzene rings is 1. The molecule has 1 atom stereocenters. The minimum atomic E-state index is -2.97. The Kier molecular flexibility index (Phi) is 5.69. The van der Waals surface area contributed by atoms with Crippen molar-refractivity contribution in [3.63, 3.8) is 0 Å². The topological polar surface area (TPSA) is 87.2 Å². The first-order valence-electron chi connectivity index (χ1n) is 6.39. The molecule has 0 spiro atoms. The van der Waals surface area contributed by atoms with Gasteiger partial charge in [-0.05, 0) is 19.0 Å². The number of hydrogen-bond donors (Lipinski definition) is 1. The minimum absolute atomic E-state index is 0.110. The van der Waals surface area contributed by atoms with E-state index in [-0.39, 0.29) is 5.75 Å². The number of nitrogens with two attached hydrogens (primary N) is 1. The van der Waals surface area contributed by atoms with Gasteiger partial charge in [0.25, 0.3) is 0 Å². The normalized spacial score (nSPS) is 14.8. The SMILES string of the molecule is CN(CCC(N)(C#N)c1ccccc1)CCS(C)(=O)=O. The summed E-state index contributed by atoms with van der Waals surface area (Å²) < 4.78 is 22.2. The van der Waals surface area contributed by atoms with E-state index in [1.54, 1.807) is 0 Å². The van der Waals surface area contributed by atoms with Crippen LogP contribution < -0.4 is 5.73 Å². The molecule has 1 rings (SSSR count). The zero-order valence-electron chi connectivity index (χ0n) is 11.9. The van der Waals surface area contributed by atoms with Crippen LogP contribution in [0, 0.1) is 11.3 Å². The summed E-state index contributed by atoms with van der Waals surface area (Å²) in [5.41, 5.74) is 5.88. The van der Waals surface area contributed by atoms with E-state index in [2.05, 4.69) is 6.07 Å². The predicted molar refractivity (Wildman–Crippen MR) is 79.7 cm³/mol. The van der Waals surface area contributed by atoms with Crippen molar-refractivity contribution >= 4 is 9.84 Å². The smallest absolute Gasteiger partial charge is 0.148 e. The Morgan fingerprint density at radius 1 is 1.30 bits per heavy atom. The van der Waals surface area contributed by atoms with E-state index in [4.69, 9.17) is 5.73 Å². The molecule has 0 aromatic heterocycles. The first-order chi connectivity index (χ1) is 9.27. The Morgan fingerprint density at radius 2 is 1.90 bits per heavy atom. The van der Waals surface area contributed by atoms with Crippen LogP contribution >= 0.6 is 0 Å². The van der Waals surface area contributed by atoms with Gasteiger partial charge < -0.3 is 10.6 Å². The first-order valence-corrected chi connectivity index (χ1v) is 8.45. The number of nitriles is 1. The molecule has 0 amide bonds. The third-order valence-corrected chi connectivity index (χ3v) is 4.14. The van der Waals surface area contributed by atoms with Gasteiger partial charge >= 0.3 is 0 Å². The average molecular weight is 295 g/mol. The van der Waals surface area contributed by atoms with Gasteiger partial charge in [-0.3, -0.25) is 0 Å². The molecular weight excluding hydrogens is 274 g/mol. The summed E-state index contributed by atoms with van der Waals surface area (Å²) >= 11 is 0. The highest BCUT2D eigenvalue weighted by Crippen LogP contribution is 2.21. The fraction of sp³-hybridized carbons (Fsp3) is 0.500. The molecule has 0 heterocycles. The Bertz CT molecular complexity index is 566. The molecular formula is C14H21N3O2S. The van der Waals surface area contributed by atoms with Crippen LogP contribution in [0.25, 0.3) is 0 Å². The molecule has 5 nitrogen and oxygen atoms in total. The van der Waals surface area contributed by atoms with Crippen LogP contribution in [-0.4, -0.2) is 45.5 Å². The second-order valence-corrected chi connectivity index (χ2v) is 7.39. The number of nitrogens with zero attached hydrogens (tertiary/aromatic N) is 2. The number of sulfone groups is 1. The van der Waals surface area contributed by atoms with Crippen LogP contribution in [0.15, 0.2) is 30.3 Å². The molecule has 0 radical (unpaired) electrons. The molecule has 1 aromatic carbocycles. The Labute approximate surface area is 120 Å². The lowest BCUT2D eigenvalue weighted by Crippen LogP contribution is -2.39. The summed E-state index contributed by atoms with van der Waals surface area (Å²) in [6.07, 6.45) is 1.67. The van der Waals surface area contributed by atoms with Gasteiger partial charge in [-0.2, -0.15) is 5.26 Å². The lowest BCUT2D eigenvalue weighted by atomic mass is 9.89. The van der Waals surface area contributed by atoms with E-state index in [9.17, 15) is 13.7 Å². The Hall–Kier alpha value is -1.42. The summed E-state index contributed by atoms with van der Waals surface area (Å²) in [6.45, 7) is 1.00. The van der Waals surface area contributed by atoms with E-state index in [0.29, 0.717) is 19.5 Å². The maximum atomic E-state index is 11.1. The number of rotatable bonds is 7. The molecule has 0 aliphatic carbocycles. The van der Waals surface area contributed by atoms with Crippen molar-refractivity contribution in [2.45, 2.75) is 12.0 Å². The molecule has 2 N–H and O–H groups in total. The van der Waals surface area contributed by atoms with E-state index >= 15 is 0 Å². The van der Waals surface area contributed by atoms with E-state index < -0.39 is 15.4 Å². The van der Waals surface area contributed by atoms with Crippen LogP contribution in [0.5, 0.6) is 0 Å². The largest absolute Gasteiger partial charge is 0.310 e. The zero-order chi connectivity index (χ0) is 15.2. The van der Waals surface area contributed by atoms with Gasteiger partial charge in [0, 0.05) is 19.3 Å². The summed E-state index contributed by atoms with van der Waals surface area (Å²) in [4.78, 5) is 1.88. The highest BCUT2D eigenvalue weighted by molar-refractivity contribution is 7.90. The van der Waals surface area contributed by atoms with Gasteiger partial charge in [0.15, 0.2) is 0 Å². The molecule has 0 aliphatic heterocycles.